The van der Waals surface area contributed by atoms with E-state index >= 15 is 0 Å². The number of rotatable bonds is 6. The standard InChI is InChI=1S/C17H15ClF3NO2S/c1-24-15-6-5-13(18)8-14(15)22-16(23)10-25-9-11-3-2-4-12(7-11)17(19,20)21/h2-8H,9-10H2,1H3,(H,22,23). The number of halogens is 4. The molecule has 2 rings (SSSR count). The molecular weight excluding hydrogens is 375 g/mol. The van der Waals surface area contributed by atoms with Gasteiger partial charge in [0.2, 0.25) is 5.91 Å². The smallest absolute Gasteiger partial charge is 0.416 e. The van der Waals surface area contributed by atoms with Crippen LogP contribution in [0.5, 0.6) is 5.75 Å². The van der Waals surface area contributed by atoms with Crippen LogP contribution in [0.3, 0.4) is 0 Å². The van der Waals surface area contributed by atoms with Crippen LogP contribution >= 0.6 is 23.4 Å². The summed E-state index contributed by atoms with van der Waals surface area (Å²) in [5.74, 6) is 0.564. The molecule has 3 nitrogen and oxygen atoms in total. The van der Waals surface area contributed by atoms with Crippen molar-refractivity contribution < 1.29 is 22.7 Å². The largest absolute Gasteiger partial charge is 0.495 e. The van der Waals surface area contributed by atoms with Crippen LogP contribution in [0, 0.1) is 0 Å². The average Bonchev–Trinajstić information content (AvgIpc) is 2.54. The van der Waals surface area contributed by atoms with E-state index in [0.717, 1.165) is 12.1 Å². The number of ether oxygens (including phenoxy) is 1. The lowest BCUT2D eigenvalue weighted by Gasteiger charge is -2.11. The molecule has 0 fully saturated rings. The van der Waals surface area contributed by atoms with Gasteiger partial charge in [-0.3, -0.25) is 4.79 Å². The van der Waals surface area contributed by atoms with Crippen molar-refractivity contribution in [2.45, 2.75) is 11.9 Å². The van der Waals surface area contributed by atoms with Gasteiger partial charge in [0.15, 0.2) is 0 Å². The van der Waals surface area contributed by atoms with Crippen LogP contribution in [-0.2, 0) is 16.7 Å². The Morgan fingerprint density at radius 3 is 2.68 bits per heavy atom. The predicted octanol–water partition coefficient (Wildman–Crippen LogP) is 5.24. The van der Waals surface area contributed by atoms with E-state index in [2.05, 4.69) is 5.32 Å². The van der Waals surface area contributed by atoms with Gasteiger partial charge in [-0.1, -0.05) is 29.8 Å². The van der Waals surface area contributed by atoms with Crippen LogP contribution in [0.25, 0.3) is 0 Å². The Morgan fingerprint density at radius 1 is 1.24 bits per heavy atom. The highest BCUT2D eigenvalue weighted by Crippen LogP contribution is 2.30. The first-order valence-corrected chi connectivity index (χ1v) is 8.70. The second-order valence-electron chi connectivity index (χ2n) is 5.08. The van der Waals surface area contributed by atoms with Crippen LogP contribution in [0.2, 0.25) is 5.02 Å². The van der Waals surface area contributed by atoms with Gasteiger partial charge in [-0.15, -0.1) is 11.8 Å². The van der Waals surface area contributed by atoms with E-state index in [-0.39, 0.29) is 11.7 Å². The topological polar surface area (TPSA) is 38.3 Å². The molecule has 2 aromatic carbocycles. The number of amides is 1. The zero-order chi connectivity index (χ0) is 18.4. The van der Waals surface area contributed by atoms with E-state index in [0.29, 0.717) is 27.8 Å². The van der Waals surface area contributed by atoms with E-state index in [1.54, 1.807) is 24.3 Å². The first-order valence-electron chi connectivity index (χ1n) is 7.17. The highest BCUT2D eigenvalue weighted by Gasteiger charge is 2.30. The molecule has 0 aliphatic carbocycles. The molecule has 0 aliphatic rings. The van der Waals surface area contributed by atoms with Crippen molar-refractivity contribution in [1.82, 2.24) is 0 Å². The van der Waals surface area contributed by atoms with Crippen LogP contribution in [0.15, 0.2) is 42.5 Å². The van der Waals surface area contributed by atoms with Crippen LogP contribution < -0.4 is 10.1 Å². The van der Waals surface area contributed by atoms with Gasteiger partial charge in [0, 0.05) is 10.8 Å². The maximum Gasteiger partial charge on any atom is 0.416 e. The molecule has 0 saturated heterocycles. The fourth-order valence-corrected chi connectivity index (χ4v) is 3.01. The zero-order valence-corrected chi connectivity index (χ0v) is 14.8. The molecule has 0 aromatic heterocycles. The Morgan fingerprint density at radius 2 is 2.00 bits per heavy atom. The lowest BCUT2D eigenvalue weighted by molar-refractivity contribution is -0.137. The van der Waals surface area contributed by atoms with Gasteiger partial charge < -0.3 is 10.1 Å². The molecule has 0 atom stereocenters. The first-order chi connectivity index (χ1) is 11.8. The van der Waals surface area contributed by atoms with Gasteiger partial charge in [-0.25, -0.2) is 0 Å². The summed E-state index contributed by atoms with van der Waals surface area (Å²) < 4.78 is 43.1. The third kappa shape index (κ3) is 5.86. The number of hydrogen-bond acceptors (Lipinski definition) is 3. The molecule has 0 spiro atoms. The molecule has 8 heteroatoms. The maximum absolute atomic E-state index is 12.7. The second-order valence-corrected chi connectivity index (χ2v) is 6.51. The summed E-state index contributed by atoms with van der Waals surface area (Å²) >= 11 is 7.11. The van der Waals surface area contributed by atoms with Gasteiger partial charge >= 0.3 is 6.18 Å². The number of hydrogen-bond donors (Lipinski definition) is 1. The Bertz CT molecular complexity index is 753. The second kappa shape index (κ2) is 8.49. The third-order valence-corrected chi connectivity index (χ3v) is 4.43. The van der Waals surface area contributed by atoms with Gasteiger partial charge in [0.25, 0.3) is 0 Å². The maximum atomic E-state index is 12.7. The summed E-state index contributed by atoms with van der Waals surface area (Å²) in [6, 6.07) is 9.90. The average molecular weight is 390 g/mol. The van der Waals surface area contributed by atoms with Gasteiger partial charge in [0.05, 0.1) is 24.1 Å². The van der Waals surface area contributed by atoms with E-state index < -0.39 is 11.7 Å². The van der Waals surface area contributed by atoms with Crippen molar-refractivity contribution in [2.24, 2.45) is 0 Å². The minimum atomic E-state index is -4.37. The molecular formula is C17H15ClF3NO2S. The van der Waals surface area contributed by atoms with E-state index in [9.17, 15) is 18.0 Å². The SMILES string of the molecule is COc1ccc(Cl)cc1NC(=O)CSCc1cccc(C(F)(F)F)c1. The van der Waals surface area contributed by atoms with Crippen molar-refractivity contribution in [3.63, 3.8) is 0 Å². The molecule has 134 valence electrons. The number of methoxy groups -OCH3 is 1. The fourth-order valence-electron chi connectivity index (χ4n) is 2.06. The van der Waals surface area contributed by atoms with Gasteiger partial charge in [0.1, 0.15) is 5.75 Å². The Kier molecular flexibility index (Phi) is 6.61. The highest BCUT2D eigenvalue weighted by atomic mass is 35.5. The molecule has 0 saturated carbocycles. The normalized spacial score (nSPS) is 11.2. The lowest BCUT2D eigenvalue weighted by Crippen LogP contribution is -2.15. The van der Waals surface area contributed by atoms with Crippen molar-refractivity contribution >= 4 is 35.0 Å². The molecule has 1 N–H and O–H groups in total. The summed E-state index contributed by atoms with van der Waals surface area (Å²) in [5.41, 5.74) is 0.256. The number of carbonyl (C=O) groups excluding carboxylic acids is 1. The molecule has 0 heterocycles. The summed E-state index contributed by atoms with van der Waals surface area (Å²) in [6.07, 6.45) is -4.37. The van der Waals surface area contributed by atoms with Crippen molar-refractivity contribution in [3.05, 3.63) is 58.6 Å². The Balaban J connectivity index is 1.90. The monoisotopic (exact) mass is 389 g/mol. The summed E-state index contributed by atoms with van der Waals surface area (Å²) in [5, 5.41) is 3.13. The van der Waals surface area contributed by atoms with E-state index in [4.69, 9.17) is 16.3 Å². The van der Waals surface area contributed by atoms with Crippen LogP contribution in [-0.4, -0.2) is 18.8 Å². The van der Waals surface area contributed by atoms with Crippen molar-refractivity contribution in [2.75, 3.05) is 18.2 Å². The van der Waals surface area contributed by atoms with E-state index in [1.807, 2.05) is 0 Å². The Hall–Kier alpha value is -1.86. The third-order valence-electron chi connectivity index (χ3n) is 3.19. The number of benzene rings is 2. The number of carbonyl (C=O) groups is 1. The number of alkyl halides is 3. The fraction of sp³-hybridized carbons (Fsp3) is 0.235. The highest BCUT2D eigenvalue weighted by molar-refractivity contribution is 7.99. The number of anilines is 1. The lowest BCUT2D eigenvalue weighted by atomic mass is 10.1. The molecule has 0 bridgehead atoms. The quantitative estimate of drug-likeness (QED) is 0.734. The van der Waals surface area contributed by atoms with Gasteiger partial charge in [-0.05, 0) is 29.8 Å². The van der Waals surface area contributed by atoms with Crippen molar-refractivity contribution in [3.8, 4) is 5.75 Å². The number of thioether (sulfide) groups is 1. The molecule has 2 aromatic rings. The predicted molar refractivity (Wildman–Crippen MR) is 94.2 cm³/mol. The van der Waals surface area contributed by atoms with Crippen LogP contribution in [0.1, 0.15) is 11.1 Å². The molecule has 0 aliphatic heterocycles. The minimum absolute atomic E-state index is 0.0892. The zero-order valence-electron chi connectivity index (χ0n) is 13.2. The summed E-state index contributed by atoms with van der Waals surface area (Å²) in [4.78, 5) is 12.0. The van der Waals surface area contributed by atoms with Crippen LogP contribution in [0.4, 0.5) is 18.9 Å². The molecule has 1 amide bonds. The summed E-state index contributed by atoms with van der Waals surface area (Å²) in [6.45, 7) is 0. The minimum Gasteiger partial charge on any atom is -0.495 e. The number of nitrogens with one attached hydrogen (secondary N) is 1. The Labute approximate surface area is 152 Å². The summed E-state index contributed by atoms with van der Waals surface area (Å²) in [7, 11) is 1.47. The van der Waals surface area contributed by atoms with Crippen molar-refractivity contribution in [1.29, 1.82) is 0 Å². The van der Waals surface area contributed by atoms with Gasteiger partial charge in [-0.2, -0.15) is 13.2 Å². The molecule has 25 heavy (non-hydrogen) atoms. The first kappa shape index (κ1) is 19.5. The molecule has 0 unspecified atom stereocenters. The van der Waals surface area contributed by atoms with E-state index in [1.165, 1.54) is 24.9 Å². The molecule has 0 radical (unpaired) electrons.